The summed E-state index contributed by atoms with van der Waals surface area (Å²) in [7, 11) is 0. The van der Waals surface area contributed by atoms with Crippen molar-refractivity contribution in [2.24, 2.45) is 0 Å². The fraction of sp³-hybridized carbons (Fsp3) is 0.125. The number of benzene rings is 3. The van der Waals surface area contributed by atoms with Crippen molar-refractivity contribution in [3.8, 4) is 11.4 Å². The number of nitrogens with one attached hydrogen (secondary N) is 2. The summed E-state index contributed by atoms with van der Waals surface area (Å²) in [5, 5.41) is 5.59. The minimum atomic E-state index is -2.74. The molecule has 160 valence electrons. The Bertz CT molecular complexity index is 1330. The number of carbonyl (C=O) groups is 2. The van der Waals surface area contributed by atoms with E-state index in [2.05, 4.69) is 15.6 Å². The van der Waals surface area contributed by atoms with Crippen molar-refractivity contribution in [3.63, 3.8) is 0 Å². The Morgan fingerprint density at radius 2 is 1.75 bits per heavy atom. The van der Waals surface area contributed by atoms with Crippen LogP contribution in [0.15, 0.2) is 72.8 Å². The average molecular weight is 432 g/mol. The predicted octanol–water partition coefficient (Wildman–Crippen LogP) is 5.16. The van der Waals surface area contributed by atoms with Crippen LogP contribution in [-0.4, -0.2) is 21.4 Å². The van der Waals surface area contributed by atoms with Crippen molar-refractivity contribution in [1.82, 2.24) is 9.55 Å². The molecule has 4 aromatic rings. The molecular formula is C24H18F2N4O2. The Hall–Kier alpha value is -4.07. The van der Waals surface area contributed by atoms with Crippen molar-refractivity contribution in [1.29, 1.82) is 0 Å². The second-order valence-electron chi connectivity index (χ2n) is 7.53. The molecule has 0 saturated heterocycles. The first-order valence-corrected chi connectivity index (χ1v) is 10.1. The quantitative estimate of drug-likeness (QED) is 0.468. The van der Waals surface area contributed by atoms with Gasteiger partial charge in [-0.1, -0.05) is 30.3 Å². The third-order valence-electron chi connectivity index (χ3n) is 5.52. The van der Waals surface area contributed by atoms with Crippen LogP contribution in [0.25, 0.3) is 22.4 Å². The minimum absolute atomic E-state index is 0.0549. The van der Waals surface area contributed by atoms with E-state index >= 15 is 0 Å². The van der Waals surface area contributed by atoms with Gasteiger partial charge in [0, 0.05) is 23.4 Å². The lowest BCUT2D eigenvalue weighted by Crippen LogP contribution is -2.30. The standard InChI is InChI=1S/C24H18F2N4O2/c25-24(26)30-20-8-4-3-7-19(20)29-22(30)14-9-11-15(12-10-14)27-23(32)17-13-21(31)28-18-6-2-1-5-16(17)18/h1-12,17,24H,13H2,(H,27,32)(H,28,31). The molecule has 2 amide bonds. The monoisotopic (exact) mass is 432 g/mol. The van der Waals surface area contributed by atoms with Gasteiger partial charge in [-0.25, -0.2) is 4.98 Å². The molecule has 0 spiro atoms. The van der Waals surface area contributed by atoms with Crippen molar-refractivity contribution in [2.45, 2.75) is 18.9 Å². The molecule has 1 aromatic heterocycles. The van der Waals surface area contributed by atoms with Gasteiger partial charge in [0.05, 0.1) is 17.0 Å². The molecule has 0 aliphatic carbocycles. The Kier molecular flexibility index (Phi) is 4.89. The van der Waals surface area contributed by atoms with E-state index in [0.717, 1.165) is 10.1 Å². The molecule has 0 saturated carbocycles. The smallest absolute Gasteiger partial charge is 0.320 e. The summed E-state index contributed by atoms with van der Waals surface area (Å²) >= 11 is 0. The van der Waals surface area contributed by atoms with E-state index in [0.29, 0.717) is 28.0 Å². The SMILES string of the molecule is O=C1CC(C(=O)Nc2ccc(-c3nc4ccccc4n3C(F)F)cc2)c2ccccc2N1. The van der Waals surface area contributed by atoms with Gasteiger partial charge in [-0.15, -0.1) is 0 Å². The highest BCUT2D eigenvalue weighted by Crippen LogP contribution is 2.34. The summed E-state index contributed by atoms with van der Waals surface area (Å²) in [6.07, 6.45) is 0.0549. The number of imidazole rings is 1. The third kappa shape index (κ3) is 3.49. The van der Waals surface area contributed by atoms with Gasteiger partial charge < -0.3 is 10.6 Å². The molecular weight excluding hydrogens is 414 g/mol. The number of nitrogens with zero attached hydrogens (tertiary/aromatic N) is 2. The van der Waals surface area contributed by atoms with Crippen LogP contribution < -0.4 is 10.6 Å². The second-order valence-corrected chi connectivity index (χ2v) is 7.53. The van der Waals surface area contributed by atoms with E-state index in [4.69, 9.17) is 0 Å². The lowest BCUT2D eigenvalue weighted by atomic mass is 9.90. The summed E-state index contributed by atoms with van der Waals surface area (Å²) in [5.74, 6) is -0.982. The van der Waals surface area contributed by atoms with Gasteiger partial charge in [0.15, 0.2) is 0 Å². The largest absolute Gasteiger partial charge is 0.326 e. The number of aromatic nitrogens is 2. The van der Waals surface area contributed by atoms with Gasteiger partial charge in [0.1, 0.15) is 5.82 Å². The normalized spacial score (nSPS) is 15.5. The highest BCUT2D eigenvalue weighted by atomic mass is 19.3. The van der Waals surface area contributed by atoms with E-state index < -0.39 is 12.5 Å². The Morgan fingerprint density at radius 3 is 2.53 bits per heavy atom. The van der Waals surface area contributed by atoms with E-state index in [-0.39, 0.29) is 24.1 Å². The average Bonchev–Trinajstić information content (AvgIpc) is 3.19. The van der Waals surface area contributed by atoms with Crippen molar-refractivity contribution in [2.75, 3.05) is 10.6 Å². The van der Waals surface area contributed by atoms with Gasteiger partial charge in [0.2, 0.25) is 11.8 Å². The van der Waals surface area contributed by atoms with Crippen LogP contribution >= 0.6 is 0 Å². The second kappa shape index (κ2) is 7.88. The van der Waals surface area contributed by atoms with E-state index in [9.17, 15) is 18.4 Å². The van der Waals surface area contributed by atoms with Gasteiger partial charge in [0.25, 0.3) is 0 Å². The number of amides is 2. The number of hydrogen-bond acceptors (Lipinski definition) is 3. The molecule has 0 radical (unpaired) electrons. The Balaban J connectivity index is 1.41. The molecule has 32 heavy (non-hydrogen) atoms. The number of rotatable bonds is 4. The zero-order valence-electron chi connectivity index (χ0n) is 16.8. The lowest BCUT2D eigenvalue weighted by Gasteiger charge is -2.24. The fourth-order valence-corrected chi connectivity index (χ4v) is 4.02. The lowest BCUT2D eigenvalue weighted by molar-refractivity contribution is -0.123. The van der Waals surface area contributed by atoms with Crippen LogP contribution in [0.2, 0.25) is 0 Å². The number of hydrogen-bond donors (Lipinski definition) is 2. The van der Waals surface area contributed by atoms with E-state index in [1.807, 2.05) is 12.1 Å². The third-order valence-corrected chi connectivity index (χ3v) is 5.52. The first-order valence-electron chi connectivity index (χ1n) is 10.1. The number of halogens is 2. The Morgan fingerprint density at radius 1 is 1.03 bits per heavy atom. The molecule has 1 unspecified atom stereocenters. The maximum Gasteiger partial charge on any atom is 0.320 e. The molecule has 0 bridgehead atoms. The van der Waals surface area contributed by atoms with Crippen LogP contribution in [-0.2, 0) is 9.59 Å². The summed E-state index contributed by atoms with van der Waals surface area (Å²) in [6.45, 7) is -2.74. The molecule has 2 heterocycles. The van der Waals surface area contributed by atoms with Gasteiger partial charge in [-0.2, -0.15) is 8.78 Å². The van der Waals surface area contributed by atoms with Gasteiger partial charge in [-0.05, 0) is 48.0 Å². The maximum atomic E-state index is 13.7. The first-order chi connectivity index (χ1) is 15.5. The van der Waals surface area contributed by atoms with Crippen molar-refractivity contribution in [3.05, 3.63) is 78.4 Å². The van der Waals surface area contributed by atoms with Crippen LogP contribution in [0, 0.1) is 0 Å². The van der Waals surface area contributed by atoms with Gasteiger partial charge in [-0.3, -0.25) is 14.2 Å². The van der Waals surface area contributed by atoms with Crippen LogP contribution in [0.4, 0.5) is 20.2 Å². The Labute approximate surface area is 181 Å². The minimum Gasteiger partial charge on any atom is -0.326 e. The molecule has 5 rings (SSSR count). The highest BCUT2D eigenvalue weighted by molar-refractivity contribution is 6.05. The molecule has 0 fully saturated rings. The maximum absolute atomic E-state index is 13.7. The van der Waals surface area contributed by atoms with Crippen molar-refractivity contribution >= 4 is 34.2 Å². The van der Waals surface area contributed by atoms with Crippen LogP contribution in [0.5, 0.6) is 0 Å². The molecule has 3 aromatic carbocycles. The van der Waals surface area contributed by atoms with Crippen LogP contribution in [0.1, 0.15) is 24.5 Å². The van der Waals surface area contributed by atoms with Gasteiger partial charge >= 0.3 is 6.55 Å². The number of para-hydroxylation sites is 3. The topological polar surface area (TPSA) is 76.0 Å². The molecule has 1 atom stereocenters. The summed E-state index contributed by atoms with van der Waals surface area (Å²) in [4.78, 5) is 29.2. The fourth-order valence-electron chi connectivity index (χ4n) is 4.02. The molecule has 1 aliphatic heterocycles. The molecule has 6 nitrogen and oxygen atoms in total. The number of fused-ring (bicyclic) bond motifs is 2. The summed E-state index contributed by atoms with van der Waals surface area (Å²) < 4.78 is 28.3. The van der Waals surface area contributed by atoms with Crippen molar-refractivity contribution < 1.29 is 18.4 Å². The predicted molar refractivity (Wildman–Crippen MR) is 117 cm³/mol. The summed E-state index contributed by atoms with van der Waals surface area (Å²) in [5.41, 5.74) is 3.22. The zero-order valence-corrected chi connectivity index (χ0v) is 16.8. The first kappa shape index (κ1) is 19.9. The molecule has 1 aliphatic rings. The molecule has 8 heteroatoms. The number of carbonyl (C=O) groups excluding carboxylic acids is 2. The zero-order chi connectivity index (χ0) is 22.2. The highest BCUT2D eigenvalue weighted by Gasteiger charge is 2.30. The number of anilines is 2. The number of alkyl halides is 2. The summed E-state index contributed by atoms with van der Waals surface area (Å²) in [6, 6.07) is 20.5. The molecule has 2 N–H and O–H groups in total. The van der Waals surface area contributed by atoms with E-state index in [1.165, 1.54) is 0 Å². The van der Waals surface area contributed by atoms with Crippen LogP contribution in [0.3, 0.4) is 0 Å². The van der Waals surface area contributed by atoms with E-state index in [1.54, 1.807) is 60.7 Å².